The average Bonchev–Trinajstić information content (AvgIpc) is 2.14. The Morgan fingerprint density at radius 3 is 2.69 bits per heavy atom. The number of rotatable bonds is 5. The van der Waals surface area contributed by atoms with Crippen molar-refractivity contribution in [3.8, 4) is 0 Å². The van der Waals surface area contributed by atoms with Gasteiger partial charge in [0.05, 0.1) is 17.6 Å². The van der Waals surface area contributed by atoms with Gasteiger partial charge in [0.1, 0.15) is 5.78 Å². The maximum atomic E-state index is 11.5. The summed E-state index contributed by atoms with van der Waals surface area (Å²) in [5.74, 6) is -0.344. The van der Waals surface area contributed by atoms with Gasteiger partial charge in [0.25, 0.3) is 0 Å². The molecule has 1 aromatic heterocycles. The number of nitrogens with zero attached hydrogens (tertiary/aromatic N) is 1. The van der Waals surface area contributed by atoms with Crippen molar-refractivity contribution in [3.05, 3.63) is 24.0 Å². The van der Waals surface area contributed by atoms with Crippen LogP contribution in [0.3, 0.4) is 0 Å². The van der Waals surface area contributed by atoms with Crippen LogP contribution < -0.4 is 4.72 Å². The second kappa shape index (κ2) is 5.07. The molecule has 1 rings (SSSR count). The molecule has 88 valence electrons. The number of Topliss-reactive ketones (excluding diaryl/α,β-unsaturated/α-hetero) is 1. The molecular formula is C10H14N2O3S. The number of hydrogen-bond acceptors (Lipinski definition) is 4. The summed E-state index contributed by atoms with van der Waals surface area (Å²) in [4.78, 5) is 14.6. The lowest BCUT2D eigenvalue weighted by Gasteiger charge is -2.06. The first-order valence-electron chi connectivity index (χ1n) is 4.80. The topological polar surface area (TPSA) is 76.1 Å². The third kappa shape index (κ3) is 4.39. The standard InChI is InChI=1S/C10H14N2O3S/c1-8-5-10(7-11-6-8)12-16(14,15)4-3-9(2)13/h5-7,12H,3-4H2,1-2H3. The molecule has 6 heteroatoms. The third-order valence-electron chi connectivity index (χ3n) is 1.87. The highest BCUT2D eigenvalue weighted by atomic mass is 32.2. The Balaban J connectivity index is 2.69. The summed E-state index contributed by atoms with van der Waals surface area (Å²) in [5, 5.41) is 0. The third-order valence-corrected chi connectivity index (χ3v) is 3.16. The van der Waals surface area contributed by atoms with Crippen molar-refractivity contribution in [2.24, 2.45) is 0 Å². The van der Waals surface area contributed by atoms with E-state index < -0.39 is 10.0 Å². The number of anilines is 1. The molecule has 1 N–H and O–H groups in total. The fourth-order valence-corrected chi connectivity index (χ4v) is 2.25. The lowest BCUT2D eigenvalue weighted by molar-refractivity contribution is -0.116. The predicted molar refractivity (Wildman–Crippen MR) is 61.7 cm³/mol. The Kier molecular flexibility index (Phi) is 4.00. The van der Waals surface area contributed by atoms with Crippen molar-refractivity contribution in [2.45, 2.75) is 20.3 Å². The van der Waals surface area contributed by atoms with Crippen LogP contribution in [0.1, 0.15) is 18.9 Å². The highest BCUT2D eigenvalue weighted by Crippen LogP contribution is 2.09. The zero-order chi connectivity index (χ0) is 12.2. The second-order valence-electron chi connectivity index (χ2n) is 3.62. The van der Waals surface area contributed by atoms with Crippen LogP contribution in [-0.4, -0.2) is 24.9 Å². The van der Waals surface area contributed by atoms with E-state index in [9.17, 15) is 13.2 Å². The van der Waals surface area contributed by atoms with E-state index in [4.69, 9.17) is 0 Å². The van der Waals surface area contributed by atoms with Crippen molar-refractivity contribution in [2.75, 3.05) is 10.5 Å². The van der Waals surface area contributed by atoms with Crippen LogP contribution in [0.4, 0.5) is 5.69 Å². The summed E-state index contributed by atoms with van der Waals surface area (Å²) < 4.78 is 25.4. The highest BCUT2D eigenvalue weighted by Gasteiger charge is 2.11. The predicted octanol–water partition coefficient (Wildman–Crippen LogP) is 1.11. The van der Waals surface area contributed by atoms with E-state index >= 15 is 0 Å². The van der Waals surface area contributed by atoms with Gasteiger partial charge in [-0.15, -0.1) is 0 Å². The molecule has 0 spiro atoms. The number of aromatic nitrogens is 1. The molecule has 0 fully saturated rings. The van der Waals surface area contributed by atoms with E-state index in [1.807, 2.05) is 6.92 Å². The molecule has 0 radical (unpaired) electrons. The number of aryl methyl sites for hydroxylation is 1. The van der Waals surface area contributed by atoms with Crippen LogP contribution >= 0.6 is 0 Å². The molecule has 0 amide bonds. The first kappa shape index (κ1) is 12.6. The van der Waals surface area contributed by atoms with Gasteiger partial charge in [0.15, 0.2) is 0 Å². The molecule has 0 aliphatic heterocycles. The highest BCUT2D eigenvalue weighted by molar-refractivity contribution is 7.92. The van der Waals surface area contributed by atoms with Crippen LogP contribution in [0.5, 0.6) is 0 Å². The molecule has 0 saturated carbocycles. The fraction of sp³-hybridized carbons (Fsp3) is 0.400. The largest absolute Gasteiger partial charge is 0.300 e. The second-order valence-corrected chi connectivity index (χ2v) is 5.47. The van der Waals surface area contributed by atoms with Crippen molar-refractivity contribution in [3.63, 3.8) is 0 Å². The zero-order valence-corrected chi connectivity index (χ0v) is 10.0. The molecule has 0 saturated heterocycles. The van der Waals surface area contributed by atoms with Gasteiger partial charge in [0.2, 0.25) is 10.0 Å². The number of ketones is 1. The van der Waals surface area contributed by atoms with E-state index in [2.05, 4.69) is 9.71 Å². The lowest BCUT2D eigenvalue weighted by Crippen LogP contribution is -2.18. The summed E-state index contributed by atoms with van der Waals surface area (Å²) in [7, 11) is -3.46. The van der Waals surface area contributed by atoms with E-state index in [0.717, 1.165) is 5.56 Å². The van der Waals surface area contributed by atoms with Gasteiger partial charge in [-0.3, -0.25) is 14.5 Å². The molecule has 0 atom stereocenters. The maximum Gasteiger partial charge on any atom is 0.233 e. The van der Waals surface area contributed by atoms with Gasteiger partial charge in [-0.2, -0.15) is 0 Å². The number of nitrogens with one attached hydrogen (secondary N) is 1. The lowest BCUT2D eigenvalue weighted by atomic mass is 10.3. The average molecular weight is 242 g/mol. The fourth-order valence-electron chi connectivity index (χ4n) is 1.12. The van der Waals surface area contributed by atoms with Gasteiger partial charge in [-0.05, 0) is 25.5 Å². The maximum absolute atomic E-state index is 11.5. The SMILES string of the molecule is CC(=O)CCS(=O)(=O)Nc1cncc(C)c1. The van der Waals surface area contributed by atoms with Gasteiger partial charge in [-0.25, -0.2) is 8.42 Å². The normalized spacial score (nSPS) is 11.1. The van der Waals surface area contributed by atoms with Gasteiger partial charge >= 0.3 is 0 Å². The molecule has 16 heavy (non-hydrogen) atoms. The smallest absolute Gasteiger partial charge is 0.233 e. The van der Waals surface area contributed by atoms with Crippen molar-refractivity contribution < 1.29 is 13.2 Å². The molecule has 0 unspecified atom stereocenters. The first-order chi connectivity index (χ1) is 7.39. The Morgan fingerprint density at radius 2 is 2.12 bits per heavy atom. The Hall–Kier alpha value is -1.43. The Morgan fingerprint density at radius 1 is 1.44 bits per heavy atom. The van der Waals surface area contributed by atoms with Crippen LogP contribution in [0, 0.1) is 6.92 Å². The van der Waals surface area contributed by atoms with Gasteiger partial charge in [-0.1, -0.05) is 0 Å². The van der Waals surface area contributed by atoms with E-state index in [1.54, 1.807) is 12.3 Å². The van der Waals surface area contributed by atoms with Crippen molar-refractivity contribution >= 4 is 21.5 Å². The molecule has 0 aromatic carbocycles. The monoisotopic (exact) mass is 242 g/mol. The summed E-state index contributed by atoms with van der Waals surface area (Å²) in [6, 6.07) is 1.68. The van der Waals surface area contributed by atoms with Crippen LogP contribution in [-0.2, 0) is 14.8 Å². The Bertz CT molecular complexity index is 483. The minimum Gasteiger partial charge on any atom is -0.300 e. The minimum atomic E-state index is -3.46. The zero-order valence-electron chi connectivity index (χ0n) is 9.23. The molecule has 1 aromatic rings. The minimum absolute atomic E-state index is 0.0224. The number of carbonyl (C=O) groups is 1. The molecule has 1 heterocycles. The molecular weight excluding hydrogens is 228 g/mol. The van der Waals surface area contributed by atoms with Crippen molar-refractivity contribution in [1.82, 2.24) is 4.98 Å². The van der Waals surface area contributed by atoms with Gasteiger partial charge < -0.3 is 0 Å². The van der Waals surface area contributed by atoms with E-state index in [0.29, 0.717) is 5.69 Å². The molecule has 0 aliphatic carbocycles. The quantitative estimate of drug-likeness (QED) is 0.839. The molecule has 0 bridgehead atoms. The first-order valence-corrected chi connectivity index (χ1v) is 6.46. The number of carbonyl (C=O) groups excluding carboxylic acids is 1. The molecule has 5 nitrogen and oxygen atoms in total. The summed E-state index contributed by atoms with van der Waals surface area (Å²) in [6.07, 6.45) is 3.08. The Labute approximate surface area is 94.9 Å². The van der Waals surface area contributed by atoms with Crippen LogP contribution in [0.25, 0.3) is 0 Å². The number of hydrogen-bond donors (Lipinski definition) is 1. The van der Waals surface area contributed by atoms with E-state index in [-0.39, 0.29) is 18.0 Å². The number of pyridine rings is 1. The van der Waals surface area contributed by atoms with Crippen LogP contribution in [0.2, 0.25) is 0 Å². The van der Waals surface area contributed by atoms with E-state index in [1.165, 1.54) is 13.1 Å². The summed E-state index contributed by atoms with van der Waals surface area (Å²) in [5.41, 5.74) is 1.29. The summed E-state index contributed by atoms with van der Waals surface area (Å²) >= 11 is 0. The van der Waals surface area contributed by atoms with Gasteiger partial charge in [0, 0.05) is 12.6 Å². The number of sulfonamides is 1. The summed E-state index contributed by atoms with van der Waals surface area (Å²) in [6.45, 7) is 3.18. The van der Waals surface area contributed by atoms with Crippen molar-refractivity contribution in [1.29, 1.82) is 0 Å². The van der Waals surface area contributed by atoms with Crippen LogP contribution in [0.15, 0.2) is 18.5 Å². The molecule has 0 aliphatic rings.